The molecule has 0 aliphatic heterocycles. The van der Waals surface area contributed by atoms with Crippen LogP contribution < -0.4 is 0 Å². The summed E-state index contributed by atoms with van der Waals surface area (Å²) in [7, 11) is 1.17. The Bertz CT molecular complexity index is 707. The normalized spacial score (nSPS) is 10.5. The van der Waals surface area contributed by atoms with Gasteiger partial charge in [-0.05, 0) is 12.1 Å². The number of benzene rings is 1. The second-order valence-electron chi connectivity index (χ2n) is 4.13. The Morgan fingerprint density at radius 2 is 2.00 bits per heavy atom. The summed E-state index contributed by atoms with van der Waals surface area (Å²) in [5.74, 6) is -3.49. The van der Waals surface area contributed by atoms with E-state index in [1.807, 2.05) is 0 Å². The lowest BCUT2D eigenvalue weighted by Gasteiger charge is -2.08. The van der Waals surface area contributed by atoms with Crippen LogP contribution in [0.3, 0.4) is 0 Å². The molecule has 0 spiro atoms. The summed E-state index contributed by atoms with van der Waals surface area (Å²) in [5, 5.41) is -0.356. The topological polar surface area (TPSA) is 39.2 Å². The average Bonchev–Trinajstić information content (AvgIpc) is 2.45. The summed E-state index contributed by atoms with van der Waals surface area (Å²) in [5.41, 5.74) is -0.645. The summed E-state index contributed by atoms with van der Waals surface area (Å²) < 4.78 is 45.6. The molecule has 0 aliphatic rings. The van der Waals surface area contributed by atoms with Crippen LogP contribution in [0.25, 0.3) is 11.3 Å². The van der Waals surface area contributed by atoms with Crippen LogP contribution in [0.5, 0.6) is 0 Å². The highest BCUT2D eigenvalue weighted by Crippen LogP contribution is 2.29. The third-order valence-electron chi connectivity index (χ3n) is 2.80. The first-order chi connectivity index (χ1) is 9.93. The highest BCUT2D eigenvalue weighted by atomic mass is 35.5. The van der Waals surface area contributed by atoms with Crippen molar-refractivity contribution in [1.82, 2.24) is 4.98 Å². The van der Waals surface area contributed by atoms with Gasteiger partial charge >= 0.3 is 5.97 Å². The van der Waals surface area contributed by atoms with Crippen LogP contribution in [0.1, 0.15) is 5.56 Å². The highest BCUT2D eigenvalue weighted by molar-refractivity contribution is 6.31. The Balaban J connectivity index is 2.53. The molecule has 1 aromatic heterocycles. The number of carbonyl (C=O) groups excluding carboxylic acids is 1. The Hall–Kier alpha value is -2.08. The van der Waals surface area contributed by atoms with Gasteiger partial charge in [0.1, 0.15) is 17.3 Å². The van der Waals surface area contributed by atoms with Gasteiger partial charge in [0.2, 0.25) is 0 Å². The van der Waals surface area contributed by atoms with Crippen molar-refractivity contribution in [2.75, 3.05) is 7.11 Å². The molecule has 7 heteroatoms. The van der Waals surface area contributed by atoms with Crippen molar-refractivity contribution >= 4 is 17.6 Å². The van der Waals surface area contributed by atoms with Gasteiger partial charge in [-0.25, -0.2) is 13.2 Å². The van der Waals surface area contributed by atoms with Gasteiger partial charge in [0.15, 0.2) is 5.82 Å². The fourth-order valence-electron chi connectivity index (χ4n) is 1.74. The molecule has 0 bridgehead atoms. The number of esters is 1. The van der Waals surface area contributed by atoms with Crippen molar-refractivity contribution in [3.63, 3.8) is 0 Å². The summed E-state index contributed by atoms with van der Waals surface area (Å²) in [6.45, 7) is 0. The molecule has 0 fully saturated rings. The molecular formula is C14H9ClF3NO2. The van der Waals surface area contributed by atoms with E-state index in [1.165, 1.54) is 19.4 Å². The van der Waals surface area contributed by atoms with Gasteiger partial charge in [-0.1, -0.05) is 11.6 Å². The number of carbonyl (C=O) groups is 1. The number of aromatic nitrogens is 1. The first-order valence-corrected chi connectivity index (χ1v) is 6.17. The van der Waals surface area contributed by atoms with E-state index in [0.29, 0.717) is 6.07 Å². The molecule has 110 valence electrons. The lowest BCUT2D eigenvalue weighted by atomic mass is 10.1. The first kappa shape index (κ1) is 15.3. The maximum absolute atomic E-state index is 14.3. The number of hydrogen-bond acceptors (Lipinski definition) is 3. The van der Waals surface area contributed by atoms with Crippen LogP contribution in [0.15, 0.2) is 24.4 Å². The van der Waals surface area contributed by atoms with Gasteiger partial charge in [0.05, 0.1) is 18.6 Å². The molecule has 1 heterocycles. The molecule has 0 unspecified atom stereocenters. The highest BCUT2D eigenvalue weighted by Gasteiger charge is 2.18. The largest absolute Gasteiger partial charge is 0.469 e. The van der Waals surface area contributed by atoms with Gasteiger partial charge in [-0.15, -0.1) is 0 Å². The summed E-state index contributed by atoms with van der Waals surface area (Å²) >= 11 is 5.57. The minimum atomic E-state index is -1.00. The fourth-order valence-corrected chi connectivity index (χ4v) is 1.90. The molecule has 2 aromatic rings. The zero-order valence-corrected chi connectivity index (χ0v) is 11.5. The molecular weight excluding hydrogens is 307 g/mol. The van der Waals surface area contributed by atoms with E-state index in [0.717, 1.165) is 6.07 Å². The molecule has 0 N–H and O–H groups in total. The zero-order chi connectivity index (χ0) is 15.6. The number of halogens is 4. The number of methoxy groups -OCH3 is 1. The second kappa shape index (κ2) is 6.13. The van der Waals surface area contributed by atoms with Gasteiger partial charge < -0.3 is 4.74 Å². The minimum Gasteiger partial charge on any atom is -0.469 e. The van der Waals surface area contributed by atoms with Crippen LogP contribution in [-0.4, -0.2) is 18.1 Å². The predicted molar refractivity (Wildman–Crippen MR) is 70.3 cm³/mol. The van der Waals surface area contributed by atoms with E-state index in [2.05, 4.69) is 9.72 Å². The van der Waals surface area contributed by atoms with Gasteiger partial charge in [-0.3, -0.25) is 9.78 Å². The van der Waals surface area contributed by atoms with Crippen molar-refractivity contribution in [2.45, 2.75) is 6.42 Å². The summed E-state index contributed by atoms with van der Waals surface area (Å²) in [6, 6.07) is 2.77. The monoisotopic (exact) mass is 315 g/mol. The lowest BCUT2D eigenvalue weighted by Crippen LogP contribution is -2.07. The molecule has 0 radical (unpaired) electrons. The third-order valence-corrected chi connectivity index (χ3v) is 3.09. The van der Waals surface area contributed by atoms with Crippen molar-refractivity contribution in [1.29, 1.82) is 0 Å². The lowest BCUT2D eigenvalue weighted by molar-refractivity contribution is -0.139. The van der Waals surface area contributed by atoms with E-state index < -0.39 is 23.4 Å². The standard InChI is InChI=1S/C14H9ClF3NO2/c1-21-12(20)4-7-2-3-19-14(13(7)18)8-5-9(15)11(17)6-10(8)16/h2-3,5-6H,4H2,1H3. The molecule has 21 heavy (non-hydrogen) atoms. The quantitative estimate of drug-likeness (QED) is 0.642. The number of rotatable bonds is 3. The number of ether oxygens (including phenoxy) is 1. The maximum atomic E-state index is 14.3. The molecule has 0 saturated carbocycles. The van der Waals surface area contributed by atoms with Gasteiger partial charge in [0, 0.05) is 23.4 Å². The Morgan fingerprint density at radius 1 is 1.29 bits per heavy atom. The van der Waals surface area contributed by atoms with E-state index >= 15 is 0 Å². The molecule has 0 saturated heterocycles. The Kier molecular flexibility index (Phi) is 4.47. The molecule has 0 atom stereocenters. The van der Waals surface area contributed by atoms with Crippen LogP contribution in [-0.2, 0) is 16.0 Å². The van der Waals surface area contributed by atoms with E-state index in [9.17, 15) is 18.0 Å². The van der Waals surface area contributed by atoms with E-state index in [4.69, 9.17) is 11.6 Å². The first-order valence-electron chi connectivity index (χ1n) is 5.79. The predicted octanol–water partition coefficient (Wildman–Crippen LogP) is 3.53. The molecule has 0 amide bonds. The van der Waals surface area contributed by atoms with Gasteiger partial charge in [0.25, 0.3) is 0 Å². The zero-order valence-electron chi connectivity index (χ0n) is 10.8. The van der Waals surface area contributed by atoms with Crippen LogP contribution in [0.2, 0.25) is 5.02 Å². The maximum Gasteiger partial charge on any atom is 0.310 e. The van der Waals surface area contributed by atoms with Crippen LogP contribution in [0, 0.1) is 17.5 Å². The van der Waals surface area contributed by atoms with Crippen LogP contribution >= 0.6 is 11.6 Å². The fraction of sp³-hybridized carbons (Fsp3) is 0.143. The number of nitrogens with zero attached hydrogens (tertiary/aromatic N) is 1. The summed E-state index contributed by atoms with van der Waals surface area (Å²) in [6.07, 6.45) is 0.891. The SMILES string of the molecule is COC(=O)Cc1ccnc(-c2cc(Cl)c(F)cc2F)c1F. The van der Waals surface area contributed by atoms with E-state index in [-0.39, 0.29) is 28.3 Å². The van der Waals surface area contributed by atoms with Gasteiger partial charge in [-0.2, -0.15) is 0 Å². The molecule has 0 aliphatic carbocycles. The van der Waals surface area contributed by atoms with Crippen molar-refractivity contribution in [3.8, 4) is 11.3 Å². The van der Waals surface area contributed by atoms with Crippen molar-refractivity contribution in [3.05, 3.63) is 52.4 Å². The number of hydrogen-bond donors (Lipinski definition) is 0. The Morgan fingerprint density at radius 3 is 2.67 bits per heavy atom. The molecule has 2 rings (SSSR count). The smallest absolute Gasteiger partial charge is 0.310 e. The second-order valence-corrected chi connectivity index (χ2v) is 4.54. The average molecular weight is 316 g/mol. The summed E-state index contributed by atoms with van der Waals surface area (Å²) in [4.78, 5) is 14.9. The molecule has 3 nitrogen and oxygen atoms in total. The van der Waals surface area contributed by atoms with Crippen molar-refractivity contribution < 1.29 is 22.7 Å². The Labute approximate surface area is 123 Å². The minimum absolute atomic E-state index is 0.00769. The third kappa shape index (κ3) is 3.16. The molecule has 1 aromatic carbocycles. The number of pyridine rings is 1. The van der Waals surface area contributed by atoms with Crippen LogP contribution in [0.4, 0.5) is 13.2 Å². The van der Waals surface area contributed by atoms with E-state index in [1.54, 1.807) is 0 Å². The van der Waals surface area contributed by atoms with Crippen molar-refractivity contribution in [2.24, 2.45) is 0 Å².